The zero-order valence-corrected chi connectivity index (χ0v) is 12.1. The summed E-state index contributed by atoms with van der Waals surface area (Å²) in [5.74, 6) is -2.49. The number of carboxylic acid groups (broad SMARTS) is 1. The minimum Gasteiger partial charge on any atom is -0.481 e. The third-order valence-electron chi connectivity index (χ3n) is 4.52. The van der Waals surface area contributed by atoms with Crippen molar-refractivity contribution in [3.05, 3.63) is 30.3 Å². The van der Waals surface area contributed by atoms with Gasteiger partial charge < -0.3 is 15.3 Å². The summed E-state index contributed by atoms with van der Waals surface area (Å²) in [4.78, 5) is 37.2. The molecule has 2 fully saturated rings. The van der Waals surface area contributed by atoms with Crippen molar-refractivity contribution >= 4 is 23.5 Å². The Morgan fingerprint density at radius 1 is 1.09 bits per heavy atom. The van der Waals surface area contributed by atoms with Gasteiger partial charge in [0.2, 0.25) is 11.8 Å². The molecule has 3 atom stereocenters. The highest BCUT2D eigenvalue weighted by molar-refractivity contribution is 6.01. The molecule has 0 bridgehead atoms. The van der Waals surface area contributed by atoms with Crippen molar-refractivity contribution in [1.29, 1.82) is 0 Å². The van der Waals surface area contributed by atoms with Crippen molar-refractivity contribution in [3.63, 3.8) is 0 Å². The number of nitrogens with one attached hydrogen (secondary N) is 1. The molecule has 2 aliphatic rings. The van der Waals surface area contributed by atoms with Crippen LogP contribution in [0.25, 0.3) is 0 Å². The molecule has 6 nitrogen and oxygen atoms in total. The summed E-state index contributed by atoms with van der Waals surface area (Å²) in [6.07, 6.45) is 1.65. The number of rotatable bonds is 4. The van der Waals surface area contributed by atoms with Crippen molar-refractivity contribution in [2.75, 3.05) is 11.4 Å². The Kier molecular flexibility index (Phi) is 3.83. The topological polar surface area (TPSA) is 86.7 Å². The van der Waals surface area contributed by atoms with E-state index < -0.39 is 23.8 Å². The number of benzene rings is 1. The van der Waals surface area contributed by atoms with Gasteiger partial charge in [0.05, 0.1) is 11.8 Å². The molecule has 6 heteroatoms. The van der Waals surface area contributed by atoms with Gasteiger partial charge in [-0.25, -0.2) is 0 Å². The fourth-order valence-electron chi connectivity index (χ4n) is 3.07. The first-order chi connectivity index (χ1) is 10.6. The molecule has 22 heavy (non-hydrogen) atoms. The van der Waals surface area contributed by atoms with Crippen LogP contribution in [0.5, 0.6) is 0 Å². The predicted octanol–water partition coefficient (Wildman–Crippen LogP) is 1.02. The van der Waals surface area contributed by atoms with Crippen LogP contribution in [0.1, 0.15) is 19.3 Å². The summed E-state index contributed by atoms with van der Waals surface area (Å²) in [6, 6.07) is 8.76. The van der Waals surface area contributed by atoms with Gasteiger partial charge in [-0.15, -0.1) is 0 Å². The summed E-state index contributed by atoms with van der Waals surface area (Å²) in [7, 11) is 0. The number of anilines is 1. The third-order valence-corrected chi connectivity index (χ3v) is 4.52. The molecule has 1 aromatic carbocycles. The molecule has 2 N–H and O–H groups in total. The molecule has 1 aliphatic carbocycles. The fraction of sp³-hybridized carbons (Fsp3) is 0.438. The van der Waals surface area contributed by atoms with Crippen LogP contribution in [0.15, 0.2) is 30.3 Å². The van der Waals surface area contributed by atoms with Crippen molar-refractivity contribution in [1.82, 2.24) is 5.32 Å². The smallest absolute Gasteiger partial charge is 0.307 e. The lowest BCUT2D eigenvalue weighted by molar-refractivity contribution is -0.153. The first-order valence-electron chi connectivity index (χ1n) is 7.47. The summed E-state index contributed by atoms with van der Waals surface area (Å²) in [5.41, 5.74) is 0.816. The highest BCUT2D eigenvalue weighted by Crippen LogP contribution is 2.35. The standard InChI is InChI=1S/C16H18N2O4/c19-14(11-6-7-12(11)16(21)22)17-13-8-9-18(15(13)20)10-4-2-1-3-5-10/h1-5,11-13H,6-9H2,(H,17,19)(H,21,22). The van der Waals surface area contributed by atoms with Crippen LogP contribution in [0.4, 0.5) is 5.69 Å². The lowest BCUT2D eigenvalue weighted by atomic mass is 9.73. The van der Waals surface area contributed by atoms with Gasteiger partial charge in [-0.3, -0.25) is 14.4 Å². The molecule has 3 unspecified atom stereocenters. The lowest BCUT2D eigenvalue weighted by Crippen LogP contribution is -2.49. The molecule has 2 amide bonds. The van der Waals surface area contributed by atoms with Crippen molar-refractivity contribution in [2.24, 2.45) is 11.8 Å². The predicted molar refractivity (Wildman–Crippen MR) is 79.2 cm³/mol. The first-order valence-corrected chi connectivity index (χ1v) is 7.47. The lowest BCUT2D eigenvalue weighted by Gasteiger charge is -2.32. The van der Waals surface area contributed by atoms with E-state index in [-0.39, 0.29) is 11.8 Å². The Morgan fingerprint density at radius 2 is 1.77 bits per heavy atom. The molecule has 1 heterocycles. The number of hydrogen-bond donors (Lipinski definition) is 2. The fourth-order valence-corrected chi connectivity index (χ4v) is 3.07. The van der Waals surface area contributed by atoms with E-state index in [4.69, 9.17) is 5.11 Å². The number of nitrogens with zero attached hydrogens (tertiary/aromatic N) is 1. The second-order valence-electron chi connectivity index (χ2n) is 5.80. The van der Waals surface area contributed by atoms with Gasteiger partial charge in [0, 0.05) is 12.2 Å². The van der Waals surface area contributed by atoms with E-state index >= 15 is 0 Å². The molecule has 0 aromatic heterocycles. The quantitative estimate of drug-likeness (QED) is 0.869. The number of hydrogen-bond acceptors (Lipinski definition) is 3. The Hall–Kier alpha value is -2.37. The molecule has 0 radical (unpaired) electrons. The summed E-state index contributed by atoms with van der Waals surface area (Å²) in [5, 5.41) is 11.7. The zero-order valence-electron chi connectivity index (χ0n) is 12.1. The first kappa shape index (κ1) is 14.6. The van der Waals surface area contributed by atoms with Crippen LogP contribution in [0, 0.1) is 11.8 Å². The number of amides is 2. The van der Waals surface area contributed by atoms with E-state index in [0.29, 0.717) is 25.8 Å². The molecule has 116 valence electrons. The molecule has 1 saturated carbocycles. The van der Waals surface area contributed by atoms with E-state index in [2.05, 4.69) is 5.32 Å². The molecule has 1 aliphatic heterocycles. The molecule has 1 saturated heterocycles. The van der Waals surface area contributed by atoms with Gasteiger partial charge >= 0.3 is 5.97 Å². The van der Waals surface area contributed by atoms with Crippen molar-refractivity contribution in [3.8, 4) is 0 Å². The molecule has 0 spiro atoms. The van der Waals surface area contributed by atoms with E-state index in [9.17, 15) is 14.4 Å². The third kappa shape index (κ3) is 2.56. The Bertz CT molecular complexity index is 601. The maximum absolute atomic E-state index is 12.4. The van der Waals surface area contributed by atoms with Gasteiger partial charge in [0.25, 0.3) is 0 Å². The minimum absolute atomic E-state index is 0.134. The Balaban J connectivity index is 1.62. The van der Waals surface area contributed by atoms with Crippen LogP contribution >= 0.6 is 0 Å². The molecule has 1 aromatic rings. The van der Waals surface area contributed by atoms with E-state index in [0.717, 1.165) is 5.69 Å². The zero-order chi connectivity index (χ0) is 15.7. The summed E-state index contributed by atoms with van der Waals surface area (Å²) < 4.78 is 0. The molecular weight excluding hydrogens is 284 g/mol. The highest BCUT2D eigenvalue weighted by atomic mass is 16.4. The van der Waals surface area contributed by atoms with Gasteiger partial charge in [0.15, 0.2) is 0 Å². The van der Waals surface area contributed by atoms with Crippen molar-refractivity contribution < 1.29 is 19.5 Å². The van der Waals surface area contributed by atoms with E-state index in [1.165, 1.54) is 0 Å². The number of carbonyl (C=O) groups is 3. The van der Waals surface area contributed by atoms with E-state index in [1.54, 1.807) is 4.90 Å². The van der Waals surface area contributed by atoms with Crippen LogP contribution in [0.3, 0.4) is 0 Å². The number of para-hydroxylation sites is 1. The van der Waals surface area contributed by atoms with Crippen LogP contribution in [-0.4, -0.2) is 35.5 Å². The van der Waals surface area contributed by atoms with Gasteiger partial charge in [-0.05, 0) is 31.4 Å². The SMILES string of the molecule is O=C(O)C1CCC1C(=O)NC1CCN(c2ccccc2)C1=O. The van der Waals surface area contributed by atoms with Gasteiger partial charge in [-0.2, -0.15) is 0 Å². The number of carbonyl (C=O) groups excluding carboxylic acids is 2. The average Bonchev–Trinajstić information content (AvgIpc) is 2.79. The summed E-state index contributed by atoms with van der Waals surface area (Å²) in [6.45, 7) is 0.556. The Labute approximate surface area is 128 Å². The van der Waals surface area contributed by atoms with Crippen molar-refractivity contribution in [2.45, 2.75) is 25.3 Å². The molecule has 3 rings (SSSR count). The van der Waals surface area contributed by atoms with Gasteiger partial charge in [0.1, 0.15) is 6.04 Å². The monoisotopic (exact) mass is 302 g/mol. The molecular formula is C16H18N2O4. The van der Waals surface area contributed by atoms with Crippen LogP contribution in [0.2, 0.25) is 0 Å². The van der Waals surface area contributed by atoms with Gasteiger partial charge in [-0.1, -0.05) is 18.2 Å². The maximum Gasteiger partial charge on any atom is 0.307 e. The second-order valence-corrected chi connectivity index (χ2v) is 5.80. The normalized spacial score (nSPS) is 27.4. The largest absolute Gasteiger partial charge is 0.481 e. The summed E-state index contributed by atoms with van der Waals surface area (Å²) >= 11 is 0. The average molecular weight is 302 g/mol. The maximum atomic E-state index is 12.4. The van der Waals surface area contributed by atoms with Crippen LogP contribution < -0.4 is 10.2 Å². The minimum atomic E-state index is -0.935. The number of carboxylic acids is 1. The Morgan fingerprint density at radius 3 is 2.36 bits per heavy atom. The van der Waals surface area contributed by atoms with Crippen LogP contribution in [-0.2, 0) is 14.4 Å². The second kappa shape index (κ2) is 5.79. The number of aliphatic carboxylic acids is 1. The van der Waals surface area contributed by atoms with E-state index in [1.807, 2.05) is 30.3 Å². The highest BCUT2D eigenvalue weighted by Gasteiger charge is 2.43.